The summed E-state index contributed by atoms with van der Waals surface area (Å²) < 4.78 is 14.1. The Morgan fingerprint density at radius 2 is 2.07 bits per heavy atom. The highest BCUT2D eigenvalue weighted by atomic mass is 16.5. The number of nitrogens with zero attached hydrogens (tertiary/aromatic N) is 2. The Morgan fingerprint density at radius 3 is 2.93 bits per heavy atom. The molecule has 1 aliphatic carbocycles. The first-order valence-corrected chi connectivity index (χ1v) is 10.5. The average Bonchev–Trinajstić information content (AvgIpc) is 3.21. The topological polar surface area (TPSA) is 88.8 Å². The fourth-order valence-electron chi connectivity index (χ4n) is 4.50. The van der Waals surface area contributed by atoms with Gasteiger partial charge in [0.2, 0.25) is 0 Å². The molecule has 7 nitrogen and oxygen atoms in total. The van der Waals surface area contributed by atoms with Crippen molar-refractivity contribution >= 4 is 11.0 Å². The van der Waals surface area contributed by atoms with Gasteiger partial charge in [-0.15, -0.1) is 0 Å². The normalized spacial score (nSPS) is 28.7. The third-order valence-electron chi connectivity index (χ3n) is 6.27. The zero-order chi connectivity index (χ0) is 20.8. The molecule has 0 unspecified atom stereocenters. The minimum Gasteiger partial charge on any atom is -0.491 e. The summed E-state index contributed by atoms with van der Waals surface area (Å²) in [7, 11) is 0. The van der Waals surface area contributed by atoms with Gasteiger partial charge in [0, 0.05) is 42.4 Å². The molecular formula is C23H27N3O4. The van der Waals surface area contributed by atoms with Crippen LogP contribution < -0.4 is 14.8 Å². The van der Waals surface area contributed by atoms with Crippen LogP contribution in [0.3, 0.4) is 0 Å². The van der Waals surface area contributed by atoms with Crippen LogP contribution in [0.25, 0.3) is 11.0 Å². The summed E-state index contributed by atoms with van der Waals surface area (Å²) in [6, 6.07) is 9.63. The summed E-state index contributed by atoms with van der Waals surface area (Å²) in [6.45, 7) is 5.34. The largest absolute Gasteiger partial charge is 0.491 e. The zero-order valence-electron chi connectivity index (χ0n) is 17.2. The van der Waals surface area contributed by atoms with Crippen LogP contribution in [0.15, 0.2) is 42.7 Å². The smallest absolute Gasteiger partial charge is 0.140 e. The number of aliphatic hydroxyl groups is 2. The lowest BCUT2D eigenvalue weighted by atomic mass is 10.1. The number of fused-ring (bicyclic) bond motifs is 2. The Balaban J connectivity index is 1.42. The molecular weight excluding hydrogens is 382 g/mol. The van der Waals surface area contributed by atoms with Crippen LogP contribution in [-0.2, 0) is 6.54 Å². The van der Waals surface area contributed by atoms with Crippen molar-refractivity contribution in [2.45, 2.75) is 57.2 Å². The van der Waals surface area contributed by atoms with Crippen molar-refractivity contribution in [1.29, 1.82) is 0 Å². The average molecular weight is 409 g/mol. The molecule has 7 heteroatoms. The van der Waals surface area contributed by atoms with Crippen molar-refractivity contribution in [3.63, 3.8) is 0 Å². The van der Waals surface area contributed by atoms with Crippen LogP contribution in [-0.4, -0.2) is 50.7 Å². The summed E-state index contributed by atoms with van der Waals surface area (Å²) >= 11 is 0. The molecule has 1 aliphatic heterocycles. The van der Waals surface area contributed by atoms with Gasteiger partial charge in [0.25, 0.3) is 0 Å². The molecule has 0 radical (unpaired) electrons. The lowest BCUT2D eigenvalue weighted by molar-refractivity contribution is -0.0166. The highest BCUT2D eigenvalue weighted by Gasteiger charge is 2.44. The minimum absolute atomic E-state index is 0.242. The second-order valence-corrected chi connectivity index (χ2v) is 8.35. The van der Waals surface area contributed by atoms with Gasteiger partial charge in [0.1, 0.15) is 42.1 Å². The predicted octanol–water partition coefficient (Wildman–Crippen LogP) is 2.33. The van der Waals surface area contributed by atoms with E-state index in [1.807, 2.05) is 48.0 Å². The van der Waals surface area contributed by atoms with Gasteiger partial charge in [-0.2, -0.15) is 0 Å². The van der Waals surface area contributed by atoms with Gasteiger partial charge in [0.15, 0.2) is 0 Å². The van der Waals surface area contributed by atoms with Crippen molar-refractivity contribution in [3.05, 3.63) is 53.9 Å². The number of aromatic nitrogens is 2. The molecule has 3 aromatic rings. The molecule has 1 fully saturated rings. The summed E-state index contributed by atoms with van der Waals surface area (Å²) in [4.78, 5) is 4.49. The van der Waals surface area contributed by atoms with E-state index in [-0.39, 0.29) is 12.1 Å². The number of rotatable bonds is 3. The third kappa shape index (κ3) is 3.23. The Morgan fingerprint density at radius 1 is 1.20 bits per heavy atom. The van der Waals surface area contributed by atoms with E-state index in [9.17, 15) is 10.2 Å². The van der Waals surface area contributed by atoms with Gasteiger partial charge in [-0.05, 0) is 43.7 Å². The van der Waals surface area contributed by atoms with E-state index < -0.39 is 18.3 Å². The first kappa shape index (κ1) is 19.4. The Kier molecular flexibility index (Phi) is 4.89. The fraction of sp³-hybridized carbons (Fsp3) is 0.435. The van der Waals surface area contributed by atoms with E-state index in [1.165, 1.54) is 0 Å². The lowest BCUT2D eigenvalue weighted by Crippen LogP contribution is -2.34. The Labute approximate surface area is 175 Å². The summed E-state index contributed by atoms with van der Waals surface area (Å²) in [5.41, 5.74) is 2.89. The number of benzene rings is 1. The highest BCUT2D eigenvalue weighted by Crippen LogP contribution is 2.38. The first-order valence-electron chi connectivity index (χ1n) is 10.5. The SMILES string of the molecule is Cc1ccnc2c1ccn2[C@@H]1C[C@H](Oc2cccc3c2CN[C@H](C)CO3)[C@@H](O)[C@H]1O. The quantitative estimate of drug-likeness (QED) is 0.615. The van der Waals surface area contributed by atoms with E-state index in [4.69, 9.17) is 9.47 Å². The third-order valence-corrected chi connectivity index (χ3v) is 6.27. The number of pyridine rings is 1. The molecule has 0 saturated heterocycles. The number of aliphatic hydroxyl groups excluding tert-OH is 2. The maximum absolute atomic E-state index is 10.8. The molecule has 30 heavy (non-hydrogen) atoms. The summed E-state index contributed by atoms with van der Waals surface area (Å²) in [6.07, 6.45) is 1.72. The molecule has 2 aromatic heterocycles. The van der Waals surface area contributed by atoms with Crippen LogP contribution >= 0.6 is 0 Å². The molecule has 5 atom stereocenters. The van der Waals surface area contributed by atoms with E-state index in [0.29, 0.717) is 25.3 Å². The van der Waals surface area contributed by atoms with Crippen molar-refractivity contribution in [3.8, 4) is 11.5 Å². The fourth-order valence-corrected chi connectivity index (χ4v) is 4.50. The van der Waals surface area contributed by atoms with Crippen molar-refractivity contribution < 1.29 is 19.7 Å². The molecule has 0 amide bonds. The van der Waals surface area contributed by atoms with Gasteiger partial charge in [-0.1, -0.05) is 6.07 Å². The molecule has 2 aliphatic rings. The highest BCUT2D eigenvalue weighted by molar-refractivity contribution is 5.79. The monoisotopic (exact) mass is 409 g/mol. The van der Waals surface area contributed by atoms with Gasteiger partial charge < -0.3 is 29.6 Å². The van der Waals surface area contributed by atoms with Gasteiger partial charge in [0.05, 0.1) is 6.04 Å². The standard InChI is InChI=1S/C23H27N3O4/c1-13-6-8-24-23-15(13)7-9-26(23)17-10-20(22(28)21(17)27)30-19-5-3-4-18-16(19)11-25-14(2)12-29-18/h3-9,14,17,20-22,25,27-28H,10-12H2,1-2H3/t14-,17-,20+,21+,22-/m1/s1. The van der Waals surface area contributed by atoms with Crippen LogP contribution in [0.2, 0.25) is 0 Å². The van der Waals surface area contributed by atoms with Gasteiger partial charge >= 0.3 is 0 Å². The number of hydrogen-bond donors (Lipinski definition) is 3. The molecule has 1 saturated carbocycles. The zero-order valence-corrected chi connectivity index (χ0v) is 17.2. The molecule has 5 rings (SSSR count). The maximum Gasteiger partial charge on any atom is 0.140 e. The number of hydrogen-bond acceptors (Lipinski definition) is 6. The van der Waals surface area contributed by atoms with Crippen molar-refractivity contribution in [2.24, 2.45) is 0 Å². The molecule has 0 spiro atoms. The van der Waals surface area contributed by atoms with E-state index in [2.05, 4.69) is 17.2 Å². The number of aryl methyl sites for hydroxylation is 1. The summed E-state index contributed by atoms with van der Waals surface area (Å²) in [5.74, 6) is 1.47. The molecule has 0 bridgehead atoms. The second-order valence-electron chi connectivity index (χ2n) is 8.35. The van der Waals surface area contributed by atoms with Crippen molar-refractivity contribution in [1.82, 2.24) is 14.9 Å². The predicted molar refractivity (Wildman–Crippen MR) is 113 cm³/mol. The maximum atomic E-state index is 10.8. The van der Waals surface area contributed by atoms with Crippen LogP contribution in [0.1, 0.15) is 30.5 Å². The molecule has 3 heterocycles. The summed E-state index contributed by atoms with van der Waals surface area (Å²) in [5, 5.41) is 26.0. The first-order chi connectivity index (χ1) is 14.5. The lowest BCUT2D eigenvalue weighted by Gasteiger charge is -2.21. The molecule has 158 valence electrons. The van der Waals surface area contributed by atoms with E-state index in [1.54, 1.807) is 6.20 Å². The second kappa shape index (κ2) is 7.58. The van der Waals surface area contributed by atoms with Gasteiger partial charge in [-0.25, -0.2) is 4.98 Å². The molecule has 1 aromatic carbocycles. The van der Waals surface area contributed by atoms with Gasteiger partial charge in [-0.3, -0.25) is 0 Å². The minimum atomic E-state index is -0.994. The van der Waals surface area contributed by atoms with E-state index in [0.717, 1.165) is 27.9 Å². The number of nitrogens with one attached hydrogen (secondary N) is 1. The van der Waals surface area contributed by atoms with Crippen LogP contribution in [0, 0.1) is 6.92 Å². The molecule has 3 N–H and O–H groups in total. The number of ether oxygens (including phenoxy) is 2. The Bertz CT molecular complexity index is 1070. The van der Waals surface area contributed by atoms with Crippen LogP contribution in [0.5, 0.6) is 11.5 Å². The van der Waals surface area contributed by atoms with Crippen molar-refractivity contribution in [2.75, 3.05) is 6.61 Å². The Hall–Kier alpha value is -2.61. The van der Waals surface area contributed by atoms with E-state index >= 15 is 0 Å². The van der Waals surface area contributed by atoms with Crippen LogP contribution in [0.4, 0.5) is 0 Å².